The summed E-state index contributed by atoms with van der Waals surface area (Å²) in [5.41, 5.74) is 3.56. The van der Waals surface area contributed by atoms with Gasteiger partial charge in [0.05, 0.1) is 32.0 Å². The van der Waals surface area contributed by atoms with Crippen molar-refractivity contribution in [1.29, 1.82) is 0 Å². The molecule has 0 bridgehead atoms. The molecule has 4 rings (SSSR count). The Morgan fingerprint density at radius 2 is 1.83 bits per heavy atom. The maximum absolute atomic E-state index is 13.4. The van der Waals surface area contributed by atoms with Crippen molar-refractivity contribution < 1.29 is 19.4 Å². The van der Waals surface area contributed by atoms with E-state index in [9.17, 15) is 14.7 Å². The molecule has 214 valence electrons. The number of carbonyl (C=O) groups is 2. The largest absolute Gasteiger partial charge is 0.495 e. The summed E-state index contributed by atoms with van der Waals surface area (Å²) in [6.45, 7) is 3.03. The van der Waals surface area contributed by atoms with Gasteiger partial charge in [-0.2, -0.15) is 0 Å². The predicted octanol–water partition coefficient (Wildman–Crippen LogP) is 3.62. The first-order valence-electron chi connectivity index (χ1n) is 13.3. The van der Waals surface area contributed by atoms with Gasteiger partial charge in [-0.05, 0) is 48.7 Å². The molecule has 9 nitrogen and oxygen atoms in total. The first kappa shape index (κ1) is 29.9. The highest BCUT2D eigenvalue weighted by Crippen LogP contribution is 2.15. The van der Waals surface area contributed by atoms with Crippen LogP contribution < -0.4 is 15.4 Å². The van der Waals surface area contributed by atoms with Gasteiger partial charge in [-0.15, -0.1) is 11.3 Å². The minimum Gasteiger partial charge on any atom is -0.495 e. The second-order valence-corrected chi connectivity index (χ2v) is 10.8. The van der Waals surface area contributed by atoms with Crippen LogP contribution in [0.4, 0.5) is 0 Å². The third-order valence-corrected chi connectivity index (χ3v) is 7.48. The van der Waals surface area contributed by atoms with E-state index in [-0.39, 0.29) is 18.4 Å². The zero-order chi connectivity index (χ0) is 29.2. The second-order valence-electron chi connectivity index (χ2n) is 9.83. The number of carbonyl (C=O) groups excluding carboxylic acids is 2. The van der Waals surface area contributed by atoms with Crippen LogP contribution in [0.25, 0.3) is 0 Å². The molecule has 2 heterocycles. The van der Waals surface area contributed by atoms with E-state index in [0.29, 0.717) is 36.4 Å². The molecule has 0 aliphatic carbocycles. The molecule has 10 heteroatoms. The molecule has 2 amide bonds. The number of nitrogens with one attached hydrogen (secondary N) is 2. The van der Waals surface area contributed by atoms with Crippen LogP contribution in [0.2, 0.25) is 0 Å². The summed E-state index contributed by atoms with van der Waals surface area (Å²) >= 11 is 1.51. The Labute approximate surface area is 244 Å². The molecule has 0 unspecified atom stereocenters. The van der Waals surface area contributed by atoms with Gasteiger partial charge in [0.1, 0.15) is 10.8 Å². The molecule has 2 aromatic heterocycles. The second kappa shape index (κ2) is 14.5. The molecule has 0 spiro atoms. The van der Waals surface area contributed by atoms with Gasteiger partial charge in [-0.25, -0.2) is 4.98 Å². The van der Waals surface area contributed by atoms with Crippen LogP contribution in [0.3, 0.4) is 0 Å². The normalized spacial score (nSPS) is 12.4. The average molecular weight is 574 g/mol. The van der Waals surface area contributed by atoms with Gasteiger partial charge < -0.3 is 25.4 Å². The van der Waals surface area contributed by atoms with Gasteiger partial charge in [0, 0.05) is 48.5 Å². The molecule has 0 aliphatic rings. The third-order valence-electron chi connectivity index (χ3n) is 6.52. The van der Waals surface area contributed by atoms with Crippen LogP contribution in [-0.2, 0) is 19.5 Å². The van der Waals surface area contributed by atoms with Crippen LogP contribution in [0.15, 0.2) is 78.4 Å². The first-order valence-corrected chi connectivity index (χ1v) is 14.2. The maximum Gasteiger partial charge on any atom is 0.253 e. The summed E-state index contributed by atoms with van der Waals surface area (Å²) in [7, 11) is 3.30. The number of aromatic nitrogens is 2. The van der Waals surface area contributed by atoms with E-state index >= 15 is 0 Å². The molecule has 0 saturated carbocycles. The fraction of sp³-hybridized carbons (Fsp3) is 0.290. The number of thiazole rings is 1. The van der Waals surface area contributed by atoms with Crippen molar-refractivity contribution >= 4 is 23.2 Å². The summed E-state index contributed by atoms with van der Waals surface area (Å²) in [4.78, 5) is 36.6. The maximum atomic E-state index is 13.4. The molecule has 0 fully saturated rings. The number of nitrogens with zero attached hydrogens (tertiary/aromatic N) is 3. The highest BCUT2D eigenvalue weighted by atomic mass is 32.1. The van der Waals surface area contributed by atoms with Crippen molar-refractivity contribution in [2.75, 3.05) is 20.7 Å². The zero-order valence-electron chi connectivity index (χ0n) is 23.4. The van der Waals surface area contributed by atoms with Gasteiger partial charge in [0.2, 0.25) is 0 Å². The molecule has 4 aromatic rings. The Morgan fingerprint density at radius 3 is 2.56 bits per heavy atom. The summed E-state index contributed by atoms with van der Waals surface area (Å²) in [6.07, 6.45) is 2.92. The highest BCUT2D eigenvalue weighted by Gasteiger charge is 2.23. The van der Waals surface area contributed by atoms with E-state index in [1.807, 2.05) is 48.7 Å². The minimum atomic E-state index is -0.879. The van der Waals surface area contributed by atoms with Gasteiger partial charge in [-0.1, -0.05) is 36.4 Å². The van der Waals surface area contributed by atoms with Crippen molar-refractivity contribution in [3.8, 4) is 5.75 Å². The van der Waals surface area contributed by atoms with Gasteiger partial charge in [0.15, 0.2) is 0 Å². The lowest BCUT2D eigenvalue weighted by Crippen LogP contribution is -2.48. The molecule has 2 aromatic carbocycles. The van der Waals surface area contributed by atoms with Gasteiger partial charge >= 0.3 is 0 Å². The van der Waals surface area contributed by atoms with Gasteiger partial charge in [-0.3, -0.25) is 14.6 Å². The molecule has 0 saturated heterocycles. The van der Waals surface area contributed by atoms with Crippen molar-refractivity contribution in [2.45, 2.75) is 38.6 Å². The molecule has 0 aliphatic heterocycles. The number of hydrogen-bond donors (Lipinski definition) is 3. The Bertz CT molecular complexity index is 1450. The lowest BCUT2D eigenvalue weighted by Gasteiger charge is -2.25. The number of hydrogen-bond acceptors (Lipinski definition) is 8. The molecule has 2 atom stereocenters. The number of ether oxygens (including phenoxy) is 1. The lowest BCUT2D eigenvalue weighted by atomic mass is 10.00. The van der Waals surface area contributed by atoms with Gasteiger partial charge in [0.25, 0.3) is 11.8 Å². The van der Waals surface area contributed by atoms with Crippen LogP contribution >= 0.6 is 11.3 Å². The van der Waals surface area contributed by atoms with E-state index in [2.05, 4.69) is 20.6 Å². The average Bonchev–Trinajstić information content (AvgIpc) is 3.41. The van der Waals surface area contributed by atoms with Crippen LogP contribution in [0.1, 0.15) is 42.5 Å². The van der Waals surface area contributed by atoms with Crippen LogP contribution in [0, 0.1) is 6.92 Å². The molecule has 0 radical (unpaired) electrons. The number of pyridine rings is 1. The number of benzene rings is 2. The highest BCUT2D eigenvalue weighted by molar-refractivity contribution is 7.09. The number of aliphatic hydroxyl groups is 1. The van der Waals surface area contributed by atoms with E-state index in [4.69, 9.17) is 4.74 Å². The molecular weight excluding hydrogens is 538 g/mol. The van der Waals surface area contributed by atoms with Crippen molar-refractivity contribution in [3.05, 3.63) is 111 Å². The van der Waals surface area contributed by atoms with Crippen LogP contribution in [0.5, 0.6) is 5.75 Å². The number of amides is 2. The fourth-order valence-corrected chi connectivity index (χ4v) is 5.17. The summed E-state index contributed by atoms with van der Waals surface area (Å²) in [6, 6.07) is 17.6. The van der Waals surface area contributed by atoms with Crippen LogP contribution in [-0.4, -0.2) is 64.6 Å². The molecule has 41 heavy (non-hydrogen) atoms. The van der Waals surface area contributed by atoms with E-state index in [1.54, 1.807) is 55.7 Å². The summed E-state index contributed by atoms with van der Waals surface area (Å²) in [5, 5.41) is 20.1. The first-order chi connectivity index (χ1) is 19.8. The topological polar surface area (TPSA) is 117 Å². The quantitative estimate of drug-likeness (QED) is 0.224. The Morgan fingerprint density at radius 1 is 1.05 bits per heavy atom. The number of rotatable bonds is 13. The fourth-order valence-electron chi connectivity index (χ4n) is 4.35. The van der Waals surface area contributed by atoms with E-state index in [1.165, 1.54) is 11.3 Å². The number of aliphatic hydroxyl groups excluding tert-OH is 1. The van der Waals surface area contributed by atoms with E-state index < -0.39 is 12.1 Å². The zero-order valence-corrected chi connectivity index (χ0v) is 24.2. The standard InChI is InChI=1S/C31H35N5O4S/c1-21-20-41-29(34-21)19-36(2)31(39)25-11-7-10-24(14-25)30(38)35-27(13-22-8-5-4-6-9-22)28(37)18-33-16-23-12-26(40-3)17-32-15-23/h4-12,14-15,17,20,27-28,33,37H,13,16,18-19H2,1-3H3,(H,35,38)/t27-,28+/m0/s1. The molecular formula is C31H35N5O4S. The van der Waals surface area contributed by atoms with E-state index in [0.717, 1.165) is 21.8 Å². The van der Waals surface area contributed by atoms with Crippen molar-refractivity contribution in [2.24, 2.45) is 0 Å². The van der Waals surface area contributed by atoms with Crippen molar-refractivity contribution in [3.63, 3.8) is 0 Å². The smallest absolute Gasteiger partial charge is 0.253 e. The predicted molar refractivity (Wildman–Crippen MR) is 159 cm³/mol. The Balaban J connectivity index is 1.42. The Hall–Kier alpha value is -4.12. The summed E-state index contributed by atoms with van der Waals surface area (Å²) < 4.78 is 5.22. The minimum absolute atomic E-state index is 0.204. The number of aryl methyl sites for hydroxylation is 1. The number of methoxy groups -OCH3 is 1. The Kier molecular flexibility index (Phi) is 10.6. The van der Waals surface area contributed by atoms with Crippen molar-refractivity contribution in [1.82, 2.24) is 25.5 Å². The monoisotopic (exact) mass is 573 g/mol. The SMILES string of the molecule is COc1cncc(CNC[C@@H](O)[C@H](Cc2ccccc2)NC(=O)c2cccc(C(=O)N(C)Cc3nc(C)cs3)c2)c1. The summed E-state index contributed by atoms with van der Waals surface area (Å²) in [5.74, 6) is 0.0868. The lowest BCUT2D eigenvalue weighted by molar-refractivity contribution is 0.0784. The third kappa shape index (κ3) is 8.68. The molecule has 3 N–H and O–H groups in total.